The van der Waals surface area contributed by atoms with E-state index in [0.717, 1.165) is 29.8 Å². The zero-order chi connectivity index (χ0) is 9.60. The van der Waals surface area contributed by atoms with E-state index >= 15 is 0 Å². The van der Waals surface area contributed by atoms with Gasteiger partial charge in [-0.15, -0.1) is 0 Å². The maximum absolute atomic E-state index is 5.67. The minimum atomic E-state index is 0.230. The minimum absolute atomic E-state index is 0.230. The van der Waals surface area contributed by atoms with Gasteiger partial charge in [-0.2, -0.15) is 0 Å². The number of rotatable bonds is 0. The summed E-state index contributed by atoms with van der Waals surface area (Å²) in [5, 5.41) is 3.54. The van der Waals surface area contributed by atoms with Crippen LogP contribution in [0.5, 0.6) is 5.75 Å². The number of hydrogen-bond donors (Lipinski definition) is 1. The number of hydrogen-bond acceptors (Lipinski definition) is 2. The second kappa shape index (κ2) is 2.97. The number of ether oxygens (including phenoxy) is 1. The van der Waals surface area contributed by atoms with Crippen LogP contribution in [0.15, 0.2) is 22.7 Å². The summed E-state index contributed by atoms with van der Waals surface area (Å²) < 4.78 is 6.76. The molecule has 1 spiro atoms. The van der Waals surface area contributed by atoms with E-state index in [1.807, 2.05) is 0 Å². The highest BCUT2D eigenvalue weighted by Crippen LogP contribution is 2.43. The average Bonchev–Trinajstić information content (AvgIpc) is 2.13. The van der Waals surface area contributed by atoms with Crippen molar-refractivity contribution in [3.8, 4) is 5.75 Å². The molecular weight excluding hydrogens is 242 g/mol. The summed E-state index contributed by atoms with van der Waals surface area (Å²) in [6.07, 6.45) is 2.34. The molecule has 2 nitrogen and oxygen atoms in total. The van der Waals surface area contributed by atoms with Crippen LogP contribution >= 0.6 is 15.9 Å². The Bertz CT molecular complexity index is 374. The van der Waals surface area contributed by atoms with Crippen molar-refractivity contribution in [1.82, 2.24) is 5.32 Å². The summed E-state index contributed by atoms with van der Waals surface area (Å²) in [7, 11) is 0. The van der Waals surface area contributed by atoms with Crippen LogP contribution in [0.25, 0.3) is 0 Å². The molecule has 0 unspecified atom stereocenters. The fraction of sp³-hybridized carbons (Fsp3) is 0.455. The van der Waals surface area contributed by atoms with E-state index in [1.165, 1.54) is 12.0 Å². The molecule has 0 saturated carbocycles. The number of halogens is 1. The Morgan fingerprint density at radius 3 is 2.93 bits per heavy atom. The van der Waals surface area contributed by atoms with Gasteiger partial charge in [-0.05, 0) is 25.1 Å². The fourth-order valence-corrected chi connectivity index (χ4v) is 2.69. The molecule has 1 N–H and O–H groups in total. The maximum Gasteiger partial charge on any atom is 0.125 e. The zero-order valence-corrected chi connectivity index (χ0v) is 9.43. The van der Waals surface area contributed by atoms with Crippen molar-refractivity contribution in [3.63, 3.8) is 0 Å². The second-order valence-electron chi connectivity index (χ2n) is 4.00. The SMILES string of the molecule is Brc1ccc2c(c1)OCC[C@]21CCN1. The maximum atomic E-state index is 5.67. The van der Waals surface area contributed by atoms with Crippen LogP contribution in [0.2, 0.25) is 0 Å². The molecule has 1 atom stereocenters. The minimum Gasteiger partial charge on any atom is -0.493 e. The second-order valence-corrected chi connectivity index (χ2v) is 4.91. The van der Waals surface area contributed by atoms with Crippen LogP contribution in [0, 0.1) is 0 Å². The predicted octanol–water partition coefficient (Wildman–Crippen LogP) is 2.42. The van der Waals surface area contributed by atoms with Crippen LogP contribution in [0.4, 0.5) is 0 Å². The van der Waals surface area contributed by atoms with Gasteiger partial charge >= 0.3 is 0 Å². The van der Waals surface area contributed by atoms with E-state index in [4.69, 9.17) is 4.74 Å². The van der Waals surface area contributed by atoms with Crippen LogP contribution in [0.3, 0.4) is 0 Å². The monoisotopic (exact) mass is 253 g/mol. The van der Waals surface area contributed by atoms with E-state index in [-0.39, 0.29) is 5.54 Å². The van der Waals surface area contributed by atoms with Gasteiger partial charge in [-0.3, -0.25) is 0 Å². The molecule has 74 valence electrons. The predicted molar refractivity (Wildman–Crippen MR) is 58.6 cm³/mol. The lowest BCUT2D eigenvalue weighted by Gasteiger charge is -2.47. The third-order valence-corrected chi connectivity index (χ3v) is 3.75. The number of nitrogens with one attached hydrogen (secondary N) is 1. The van der Waals surface area contributed by atoms with Gasteiger partial charge in [0.25, 0.3) is 0 Å². The first-order chi connectivity index (χ1) is 6.80. The Morgan fingerprint density at radius 1 is 1.36 bits per heavy atom. The summed E-state index contributed by atoms with van der Waals surface area (Å²) in [6, 6.07) is 6.33. The highest BCUT2D eigenvalue weighted by molar-refractivity contribution is 9.10. The van der Waals surface area contributed by atoms with Gasteiger partial charge in [0.2, 0.25) is 0 Å². The molecule has 3 heteroatoms. The highest BCUT2D eigenvalue weighted by atomic mass is 79.9. The van der Waals surface area contributed by atoms with Crippen molar-refractivity contribution in [2.24, 2.45) is 0 Å². The molecule has 0 aromatic heterocycles. The smallest absolute Gasteiger partial charge is 0.125 e. The van der Waals surface area contributed by atoms with Crippen LogP contribution in [-0.4, -0.2) is 13.2 Å². The van der Waals surface area contributed by atoms with E-state index in [0.29, 0.717) is 0 Å². The van der Waals surface area contributed by atoms with Crippen molar-refractivity contribution < 1.29 is 4.74 Å². The van der Waals surface area contributed by atoms with E-state index in [1.54, 1.807) is 0 Å². The van der Waals surface area contributed by atoms with Crippen molar-refractivity contribution >= 4 is 15.9 Å². The fourth-order valence-electron chi connectivity index (χ4n) is 2.35. The lowest BCUT2D eigenvalue weighted by molar-refractivity contribution is 0.122. The summed E-state index contributed by atoms with van der Waals surface area (Å²) in [4.78, 5) is 0. The summed E-state index contributed by atoms with van der Waals surface area (Å²) in [5.41, 5.74) is 1.56. The first kappa shape index (κ1) is 8.74. The quantitative estimate of drug-likeness (QED) is 0.767. The van der Waals surface area contributed by atoms with E-state index in [9.17, 15) is 0 Å². The molecule has 2 aliphatic heterocycles. The van der Waals surface area contributed by atoms with Gasteiger partial charge in [-0.1, -0.05) is 22.0 Å². The average molecular weight is 254 g/mol. The molecule has 0 radical (unpaired) electrons. The molecule has 0 aliphatic carbocycles. The lowest BCUT2D eigenvalue weighted by atomic mass is 9.77. The van der Waals surface area contributed by atoms with E-state index < -0.39 is 0 Å². The molecule has 14 heavy (non-hydrogen) atoms. The Kier molecular flexibility index (Phi) is 1.86. The van der Waals surface area contributed by atoms with Gasteiger partial charge in [0.15, 0.2) is 0 Å². The molecule has 2 aliphatic rings. The van der Waals surface area contributed by atoms with Gasteiger partial charge < -0.3 is 10.1 Å². The molecule has 1 saturated heterocycles. The molecular formula is C11H12BrNO. The molecule has 0 bridgehead atoms. The van der Waals surface area contributed by atoms with Gasteiger partial charge in [0, 0.05) is 16.5 Å². The van der Waals surface area contributed by atoms with Crippen molar-refractivity contribution in [1.29, 1.82) is 0 Å². The zero-order valence-electron chi connectivity index (χ0n) is 7.85. The summed E-state index contributed by atoms with van der Waals surface area (Å²) >= 11 is 3.47. The number of fused-ring (bicyclic) bond motifs is 2. The molecule has 0 amide bonds. The third kappa shape index (κ3) is 1.12. The lowest BCUT2D eigenvalue weighted by Crippen LogP contribution is -2.56. The number of benzene rings is 1. The van der Waals surface area contributed by atoms with Crippen molar-refractivity contribution in [3.05, 3.63) is 28.2 Å². The van der Waals surface area contributed by atoms with Gasteiger partial charge in [-0.25, -0.2) is 0 Å². The van der Waals surface area contributed by atoms with Crippen LogP contribution in [0.1, 0.15) is 18.4 Å². The first-order valence-electron chi connectivity index (χ1n) is 4.98. The molecule has 2 heterocycles. The standard InChI is InChI=1S/C11H12BrNO/c12-8-1-2-9-10(7-8)14-6-4-11(9)3-5-13-11/h1-2,7,13H,3-6H2/t11-/m1/s1. The first-order valence-corrected chi connectivity index (χ1v) is 5.77. The highest BCUT2D eigenvalue weighted by Gasteiger charge is 2.42. The summed E-state index contributed by atoms with van der Waals surface area (Å²) in [5.74, 6) is 1.04. The van der Waals surface area contributed by atoms with Crippen molar-refractivity contribution in [2.75, 3.05) is 13.2 Å². The Morgan fingerprint density at radius 2 is 2.21 bits per heavy atom. The normalized spacial score (nSPS) is 29.2. The third-order valence-electron chi connectivity index (χ3n) is 3.26. The van der Waals surface area contributed by atoms with Crippen LogP contribution in [-0.2, 0) is 5.54 Å². The summed E-state index contributed by atoms with van der Waals surface area (Å²) in [6.45, 7) is 1.96. The molecule has 1 aromatic carbocycles. The topological polar surface area (TPSA) is 21.3 Å². The van der Waals surface area contributed by atoms with Gasteiger partial charge in [0.05, 0.1) is 12.1 Å². The molecule has 1 fully saturated rings. The molecule has 3 rings (SSSR count). The Balaban J connectivity index is 2.10. The largest absolute Gasteiger partial charge is 0.493 e. The molecule has 1 aromatic rings. The van der Waals surface area contributed by atoms with E-state index in [2.05, 4.69) is 39.4 Å². The van der Waals surface area contributed by atoms with Crippen molar-refractivity contribution in [2.45, 2.75) is 18.4 Å². The Hall–Kier alpha value is -0.540. The van der Waals surface area contributed by atoms with Gasteiger partial charge in [0.1, 0.15) is 5.75 Å². The Labute approximate surface area is 91.8 Å². The van der Waals surface area contributed by atoms with Crippen LogP contribution < -0.4 is 10.1 Å².